The summed E-state index contributed by atoms with van der Waals surface area (Å²) in [5.74, 6) is -0.988. The number of halogens is 3. The van der Waals surface area contributed by atoms with Crippen molar-refractivity contribution < 1.29 is 27.5 Å². The maximum Gasteiger partial charge on any atom is 0.416 e. The minimum Gasteiger partial charge on any atom is -0.458 e. The zero-order chi connectivity index (χ0) is 16.8. The van der Waals surface area contributed by atoms with E-state index in [-0.39, 0.29) is 17.9 Å². The van der Waals surface area contributed by atoms with Gasteiger partial charge in [0.05, 0.1) is 16.8 Å². The summed E-state index contributed by atoms with van der Waals surface area (Å²) in [6.07, 6.45) is -3.33. The summed E-state index contributed by atoms with van der Waals surface area (Å²) in [7, 11) is 0. The Balaban J connectivity index is 3.16. The van der Waals surface area contributed by atoms with Crippen molar-refractivity contribution in [1.82, 2.24) is 5.32 Å². The van der Waals surface area contributed by atoms with Crippen molar-refractivity contribution in [2.24, 2.45) is 0 Å². The number of rotatable bonds is 5. The first-order valence-corrected chi connectivity index (χ1v) is 6.33. The minimum atomic E-state index is -4.61. The van der Waals surface area contributed by atoms with Crippen LogP contribution < -0.4 is 10.6 Å². The number of carbonyl (C=O) groups is 2. The normalized spacial score (nSPS) is 10.7. The molecule has 5 nitrogen and oxygen atoms in total. The van der Waals surface area contributed by atoms with Crippen LogP contribution in [0.1, 0.15) is 22.8 Å². The van der Waals surface area contributed by atoms with Crippen molar-refractivity contribution in [1.29, 1.82) is 0 Å². The van der Waals surface area contributed by atoms with Crippen LogP contribution in [0.25, 0.3) is 0 Å². The lowest BCUT2D eigenvalue weighted by Crippen LogP contribution is -2.29. The van der Waals surface area contributed by atoms with Crippen LogP contribution in [0.3, 0.4) is 0 Å². The summed E-state index contributed by atoms with van der Waals surface area (Å²) < 4.78 is 42.9. The second-order valence-electron chi connectivity index (χ2n) is 4.13. The Morgan fingerprint density at radius 1 is 1.36 bits per heavy atom. The van der Waals surface area contributed by atoms with E-state index in [0.717, 1.165) is 12.1 Å². The molecule has 1 aromatic rings. The number of hydrogen-bond donors (Lipinski definition) is 2. The fourth-order valence-electron chi connectivity index (χ4n) is 1.54. The fraction of sp³-hybridized carbons (Fsp3) is 0.286. The van der Waals surface area contributed by atoms with E-state index in [2.05, 4.69) is 17.2 Å². The molecule has 0 fully saturated rings. The van der Waals surface area contributed by atoms with Gasteiger partial charge in [-0.3, -0.25) is 0 Å². The molecule has 0 aromatic heterocycles. The van der Waals surface area contributed by atoms with E-state index in [1.54, 1.807) is 6.92 Å². The van der Waals surface area contributed by atoms with E-state index in [0.29, 0.717) is 12.6 Å². The largest absolute Gasteiger partial charge is 0.458 e. The van der Waals surface area contributed by atoms with Crippen molar-refractivity contribution >= 4 is 17.7 Å². The van der Waals surface area contributed by atoms with Gasteiger partial charge in [-0.25, -0.2) is 9.59 Å². The second-order valence-corrected chi connectivity index (χ2v) is 4.13. The number of hydrogen-bond acceptors (Lipinski definition) is 3. The molecule has 22 heavy (non-hydrogen) atoms. The van der Waals surface area contributed by atoms with Gasteiger partial charge in [0, 0.05) is 6.54 Å². The molecule has 2 amide bonds. The van der Waals surface area contributed by atoms with Gasteiger partial charge in [0.15, 0.2) is 0 Å². The van der Waals surface area contributed by atoms with Crippen molar-refractivity contribution in [3.8, 4) is 0 Å². The molecule has 0 unspecified atom stereocenters. The number of esters is 1. The lowest BCUT2D eigenvalue weighted by Gasteiger charge is -2.14. The van der Waals surface area contributed by atoms with Gasteiger partial charge < -0.3 is 15.4 Å². The van der Waals surface area contributed by atoms with E-state index in [1.165, 1.54) is 6.08 Å². The van der Waals surface area contributed by atoms with Crippen molar-refractivity contribution in [3.63, 3.8) is 0 Å². The zero-order valence-corrected chi connectivity index (χ0v) is 11.8. The molecule has 1 rings (SSSR count). The molecule has 8 heteroatoms. The highest BCUT2D eigenvalue weighted by Crippen LogP contribution is 2.32. The Hall–Kier alpha value is -2.51. The number of benzene rings is 1. The van der Waals surface area contributed by atoms with Gasteiger partial charge in [0.1, 0.15) is 6.61 Å². The Bertz CT molecular complexity index is 571. The first-order valence-electron chi connectivity index (χ1n) is 6.33. The summed E-state index contributed by atoms with van der Waals surface area (Å²) in [5, 5.41) is 4.71. The second kappa shape index (κ2) is 7.48. The van der Waals surface area contributed by atoms with Gasteiger partial charge in [-0.05, 0) is 25.1 Å². The van der Waals surface area contributed by atoms with Crippen molar-refractivity contribution in [3.05, 3.63) is 42.0 Å². The number of alkyl halides is 3. The summed E-state index contributed by atoms with van der Waals surface area (Å²) >= 11 is 0. The third-order valence-electron chi connectivity index (χ3n) is 2.48. The van der Waals surface area contributed by atoms with E-state index < -0.39 is 23.7 Å². The topological polar surface area (TPSA) is 67.4 Å². The van der Waals surface area contributed by atoms with E-state index in [1.807, 2.05) is 0 Å². The maximum absolute atomic E-state index is 12.7. The average molecular weight is 316 g/mol. The van der Waals surface area contributed by atoms with Gasteiger partial charge in [-0.15, -0.1) is 0 Å². The summed E-state index contributed by atoms with van der Waals surface area (Å²) in [4.78, 5) is 23.3. The summed E-state index contributed by atoms with van der Waals surface area (Å²) in [6.45, 7) is 5.18. The number of nitrogens with one attached hydrogen (secondary N) is 2. The van der Waals surface area contributed by atoms with Gasteiger partial charge in [-0.2, -0.15) is 13.2 Å². The molecule has 0 saturated carbocycles. The predicted octanol–water partition coefficient (Wildman–Crippen LogP) is 3.19. The number of carbonyl (C=O) groups excluding carboxylic acids is 2. The molecule has 0 aliphatic heterocycles. The molecule has 0 bridgehead atoms. The molecule has 2 N–H and O–H groups in total. The zero-order valence-electron chi connectivity index (χ0n) is 11.8. The van der Waals surface area contributed by atoms with Gasteiger partial charge in [-0.1, -0.05) is 12.7 Å². The van der Waals surface area contributed by atoms with Gasteiger partial charge in [0.25, 0.3) is 0 Å². The quantitative estimate of drug-likeness (QED) is 0.647. The third-order valence-corrected chi connectivity index (χ3v) is 2.48. The Labute approximate surface area is 125 Å². The Kier molecular flexibility index (Phi) is 5.97. The number of anilines is 1. The van der Waals surface area contributed by atoms with Crippen LogP contribution in [0.5, 0.6) is 0 Å². The Morgan fingerprint density at radius 3 is 2.59 bits per heavy atom. The van der Waals surface area contributed by atoms with Crippen LogP contribution in [-0.2, 0) is 10.9 Å². The molecule has 0 heterocycles. The van der Waals surface area contributed by atoms with Gasteiger partial charge in [0.2, 0.25) is 0 Å². The Morgan fingerprint density at radius 2 is 2.05 bits per heavy atom. The SMILES string of the molecule is C=CCOC(=O)c1cc(C(F)(F)F)ccc1NC(=O)NCC. The van der Waals surface area contributed by atoms with Gasteiger partial charge >= 0.3 is 18.2 Å². The fourth-order valence-corrected chi connectivity index (χ4v) is 1.54. The molecule has 0 saturated heterocycles. The lowest BCUT2D eigenvalue weighted by molar-refractivity contribution is -0.137. The first-order chi connectivity index (χ1) is 10.3. The number of amides is 2. The van der Waals surface area contributed by atoms with Crippen LogP contribution >= 0.6 is 0 Å². The molecular formula is C14H15F3N2O3. The minimum absolute atomic E-state index is 0.0759. The standard InChI is InChI=1S/C14H15F3N2O3/c1-3-7-22-12(20)10-8-9(14(15,16)17)5-6-11(10)19-13(21)18-4-2/h3,5-6,8H,1,4,7H2,2H3,(H2,18,19,21). The van der Waals surface area contributed by atoms with E-state index in [9.17, 15) is 22.8 Å². The molecule has 0 spiro atoms. The number of ether oxygens (including phenoxy) is 1. The molecule has 1 aromatic carbocycles. The summed E-state index contributed by atoms with van der Waals surface area (Å²) in [6, 6.07) is 1.77. The van der Waals surface area contributed by atoms with Crippen molar-refractivity contribution in [2.45, 2.75) is 13.1 Å². The molecule has 0 atom stereocenters. The van der Waals surface area contributed by atoms with Crippen molar-refractivity contribution in [2.75, 3.05) is 18.5 Å². The van der Waals surface area contributed by atoms with Crippen LogP contribution in [-0.4, -0.2) is 25.2 Å². The highest BCUT2D eigenvalue weighted by Gasteiger charge is 2.32. The number of urea groups is 1. The molecule has 0 aliphatic rings. The smallest absolute Gasteiger partial charge is 0.416 e. The highest BCUT2D eigenvalue weighted by molar-refractivity contribution is 6.01. The molecule has 120 valence electrons. The van der Waals surface area contributed by atoms with E-state index >= 15 is 0 Å². The molecule has 0 aliphatic carbocycles. The summed E-state index contributed by atoms with van der Waals surface area (Å²) in [5.41, 5.74) is -1.48. The maximum atomic E-state index is 12.7. The monoisotopic (exact) mass is 316 g/mol. The average Bonchev–Trinajstić information content (AvgIpc) is 2.44. The third kappa shape index (κ3) is 4.80. The first kappa shape index (κ1) is 17.5. The molecular weight excluding hydrogens is 301 g/mol. The van der Waals surface area contributed by atoms with E-state index in [4.69, 9.17) is 4.74 Å². The predicted molar refractivity (Wildman–Crippen MR) is 74.6 cm³/mol. The van der Waals surface area contributed by atoms with Crippen LogP contribution in [0.4, 0.5) is 23.7 Å². The van der Waals surface area contributed by atoms with Crippen LogP contribution in [0.2, 0.25) is 0 Å². The lowest BCUT2D eigenvalue weighted by atomic mass is 10.1. The molecule has 0 radical (unpaired) electrons. The highest BCUT2D eigenvalue weighted by atomic mass is 19.4. The van der Waals surface area contributed by atoms with Crippen LogP contribution in [0.15, 0.2) is 30.9 Å². The van der Waals surface area contributed by atoms with Crippen LogP contribution in [0, 0.1) is 0 Å².